The largest absolute Gasteiger partial charge is 0.376 e. The molecular formula is C16H31F2NO. The molecule has 0 heterocycles. The second-order valence-electron chi connectivity index (χ2n) is 6.29. The zero-order chi connectivity index (χ0) is 14.9. The van der Waals surface area contributed by atoms with Gasteiger partial charge in [0.25, 0.3) is 0 Å². The van der Waals surface area contributed by atoms with Crippen LogP contribution in [0.5, 0.6) is 0 Å². The molecule has 1 aliphatic carbocycles. The average molecular weight is 291 g/mol. The second kappa shape index (κ2) is 8.93. The highest BCUT2D eigenvalue weighted by molar-refractivity contribution is 4.86. The zero-order valence-electron chi connectivity index (χ0n) is 12.9. The van der Waals surface area contributed by atoms with Gasteiger partial charge in [0.15, 0.2) is 0 Å². The summed E-state index contributed by atoms with van der Waals surface area (Å²) in [6.45, 7) is 2.95. The minimum atomic E-state index is -2.58. The van der Waals surface area contributed by atoms with Crippen LogP contribution in [-0.4, -0.2) is 23.3 Å². The molecule has 0 amide bonds. The Bertz CT molecular complexity index is 249. The standard InChI is InChI=1S/C16H31F2NO/c1-2-3-4-5-6-7-8-9-14-19-16(20)12-10-15(17,18)11-13-16/h19-20H,2-14H2,1H3. The number of nitrogens with one attached hydrogen (secondary N) is 1. The maximum absolute atomic E-state index is 13.0. The summed E-state index contributed by atoms with van der Waals surface area (Å²) in [6.07, 6.45) is 9.90. The number of hydrogen-bond acceptors (Lipinski definition) is 2. The van der Waals surface area contributed by atoms with E-state index in [9.17, 15) is 13.9 Å². The van der Waals surface area contributed by atoms with Crippen molar-refractivity contribution in [2.24, 2.45) is 0 Å². The van der Waals surface area contributed by atoms with Gasteiger partial charge in [0.05, 0.1) is 0 Å². The van der Waals surface area contributed by atoms with Crippen molar-refractivity contribution in [1.82, 2.24) is 5.32 Å². The smallest absolute Gasteiger partial charge is 0.248 e. The predicted molar refractivity (Wildman–Crippen MR) is 79.0 cm³/mol. The Kier molecular flexibility index (Phi) is 7.96. The monoisotopic (exact) mass is 291 g/mol. The summed E-state index contributed by atoms with van der Waals surface area (Å²) in [7, 11) is 0. The fourth-order valence-electron chi connectivity index (χ4n) is 2.79. The van der Waals surface area contributed by atoms with Gasteiger partial charge in [-0.05, 0) is 25.8 Å². The van der Waals surface area contributed by atoms with Gasteiger partial charge in [0, 0.05) is 12.8 Å². The van der Waals surface area contributed by atoms with Crippen LogP contribution in [0.25, 0.3) is 0 Å². The molecule has 120 valence electrons. The molecule has 2 nitrogen and oxygen atoms in total. The molecule has 1 aliphatic rings. The molecule has 0 bridgehead atoms. The van der Waals surface area contributed by atoms with Gasteiger partial charge in [-0.3, -0.25) is 5.32 Å². The van der Waals surface area contributed by atoms with E-state index in [2.05, 4.69) is 12.2 Å². The number of unbranched alkanes of at least 4 members (excludes halogenated alkanes) is 7. The fourth-order valence-corrected chi connectivity index (χ4v) is 2.79. The average Bonchev–Trinajstić information content (AvgIpc) is 2.41. The van der Waals surface area contributed by atoms with Crippen molar-refractivity contribution in [2.75, 3.05) is 6.54 Å². The fraction of sp³-hybridized carbons (Fsp3) is 1.00. The minimum Gasteiger partial charge on any atom is -0.376 e. The van der Waals surface area contributed by atoms with Crippen molar-refractivity contribution in [3.05, 3.63) is 0 Å². The van der Waals surface area contributed by atoms with Gasteiger partial charge in [-0.15, -0.1) is 0 Å². The van der Waals surface area contributed by atoms with E-state index in [0.29, 0.717) is 0 Å². The van der Waals surface area contributed by atoms with Crippen LogP contribution in [0.15, 0.2) is 0 Å². The molecule has 0 aromatic heterocycles. The Morgan fingerprint density at radius 3 is 1.90 bits per heavy atom. The summed E-state index contributed by atoms with van der Waals surface area (Å²) in [5, 5.41) is 13.2. The first-order valence-electron chi connectivity index (χ1n) is 8.33. The van der Waals surface area contributed by atoms with E-state index in [1.807, 2.05) is 0 Å². The highest BCUT2D eigenvalue weighted by Crippen LogP contribution is 2.37. The van der Waals surface area contributed by atoms with Gasteiger partial charge >= 0.3 is 0 Å². The highest BCUT2D eigenvalue weighted by Gasteiger charge is 2.41. The lowest BCUT2D eigenvalue weighted by molar-refractivity contribution is -0.116. The molecule has 4 heteroatoms. The highest BCUT2D eigenvalue weighted by atomic mass is 19.3. The van der Waals surface area contributed by atoms with E-state index in [0.717, 1.165) is 19.4 Å². The van der Waals surface area contributed by atoms with Crippen LogP contribution in [0.4, 0.5) is 8.78 Å². The third kappa shape index (κ3) is 7.53. The molecule has 1 saturated carbocycles. The van der Waals surface area contributed by atoms with E-state index in [1.54, 1.807) is 0 Å². The lowest BCUT2D eigenvalue weighted by Gasteiger charge is -2.36. The van der Waals surface area contributed by atoms with Crippen molar-refractivity contribution in [2.45, 2.75) is 95.6 Å². The van der Waals surface area contributed by atoms with Gasteiger partial charge in [-0.25, -0.2) is 8.78 Å². The first-order chi connectivity index (χ1) is 9.47. The quantitative estimate of drug-likeness (QED) is 0.455. The van der Waals surface area contributed by atoms with E-state index in [1.165, 1.54) is 38.5 Å². The van der Waals surface area contributed by atoms with Gasteiger partial charge in [-0.1, -0.05) is 51.9 Å². The number of hydrogen-bond donors (Lipinski definition) is 2. The third-order valence-electron chi connectivity index (χ3n) is 4.29. The maximum atomic E-state index is 13.0. The van der Waals surface area contributed by atoms with Crippen LogP contribution in [-0.2, 0) is 0 Å². The number of alkyl halides is 2. The SMILES string of the molecule is CCCCCCCCCCNC1(O)CCC(F)(F)CC1. The number of aliphatic hydroxyl groups is 1. The molecule has 0 spiro atoms. The minimum absolute atomic E-state index is 0.164. The summed E-state index contributed by atoms with van der Waals surface area (Å²) in [6, 6.07) is 0. The molecule has 0 aliphatic heterocycles. The summed E-state index contributed by atoms with van der Waals surface area (Å²) in [4.78, 5) is 0. The van der Waals surface area contributed by atoms with Crippen LogP contribution >= 0.6 is 0 Å². The summed E-state index contributed by atoms with van der Waals surface area (Å²) < 4.78 is 26.1. The first kappa shape index (κ1) is 17.8. The lowest BCUT2D eigenvalue weighted by Crippen LogP contribution is -2.50. The van der Waals surface area contributed by atoms with Crippen molar-refractivity contribution >= 4 is 0 Å². The van der Waals surface area contributed by atoms with Crippen LogP contribution in [0, 0.1) is 0 Å². The summed E-state index contributed by atoms with van der Waals surface area (Å²) in [5.74, 6) is -2.58. The Labute approximate surface area is 122 Å². The van der Waals surface area contributed by atoms with E-state index < -0.39 is 11.6 Å². The van der Waals surface area contributed by atoms with Crippen molar-refractivity contribution in [1.29, 1.82) is 0 Å². The van der Waals surface area contributed by atoms with Gasteiger partial charge < -0.3 is 5.11 Å². The van der Waals surface area contributed by atoms with Gasteiger partial charge in [0.2, 0.25) is 5.92 Å². The molecule has 20 heavy (non-hydrogen) atoms. The molecule has 2 N–H and O–H groups in total. The Hall–Kier alpha value is -0.220. The molecule has 0 aromatic rings. The number of rotatable bonds is 10. The summed E-state index contributed by atoms with van der Waals surface area (Å²) >= 11 is 0. The maximum Gasteiger partial charge on any atom is 0.248 e. The normalized spacial score (nSPS) is 21.0. The van der Waals surface area contributed by atoms with Crippen molar-refractivity contribution < 1.29 is 13.9 Å². The molecule has 0 atom stereocenters. The first-order valence-corrected chi connectivity index (χ1v) is 8.33. The Morgan fingerprint density at radius 1 is 0.850 bits per heavy atom. The van der Waals surface area contributed by atoms with Crippen LogP contribution in [0.1, 0.15) is 84.0 Å². The lowest BCUT2D eigenvalue weighted by atomic mass is 9.89. The predicted octanol–water partition coefficient (Wildman–Crippen LogP) is 4.61. The molecule has 0 aromatic carbocycles. The number of halogens is 2. The molecular weight excluding hydrogens is 260 g/mol. The second-order valence-corrected chi connectivity index (χ2v) is 6.29. The Balaban J connectivity index is 1.96. The molecule has 1 fully saturated rings. The third-order valence-corrected chi connectivity index (χ3v) is 4.29. The van der Waals surface area contributed by atoms with E-state index >= 15 is 0 Å². The van der Waals surface area contributed by atoms with Crippen molar-refractivity contribution in [3.63, 3.8) is 0 Å². The van der Waals surface area contributed by atoms with Crippen LogP contribution < -0.4 is 5.32 Å². The van der Waals surface area contributed by atoms with Crippen LogP contribution in [0.2, 0.25) is 0 Å². The van der Waals surface area contributed by atoms with E-state index in [4.69, 9.17) is 0 Å². The molecule has 0 unspecified atom stereocenters. The van der Waals surface area contributed by atoms with Gasteiger partial charge in [0.1, 0.15) is 5.72 Å². The van der Waals surface area contributed by atoms with Crippen molar-refractivity contribution in [3.8, 4) is 0 Å². The van der Waals surface area contributed by atoms with Gasteiger partial charge in [-0.2, -0.15) is 0 Å². The van der Waals surface area contributed by atoms with E-state index in [-0.39, 0.29) is 25.7 Å². The zero-order valence-corrected chi connectivity index (χ0v) is 12.9. The molecule has 0 radical (unpaired) electrons. The summed E-state index contributed by atoms with van der Waals surface area (Å²) in [5.41, 5.74) is -1.05. The Morgan fingerprint density at radius 2 is 1.35 bits per heavy atom. The molecule has 0 saturated heterocycles. The van der Waals surface area contributed by atoms with Crippen LogP contribution in [0.3, 0.4) is 0 Å². The topological polar surface area (TPSA) is 32.3 Å². The molecule has 1 rings (SSSR count).